The van der Waals surface area contributed by atoms with E-state index in [2.05, 4.69) is 0 Å². The molecule has 0 radical (unpaired) electrons. The maximum atomic E-state index is 14.3. The predicted molar refractivity (Wildman–Crippen MR) is 95.1 cm³/mol. The summed E-state index contributed by atoms with van der Waals surface area (Å²) in [6.07, 6.45) is 1.74. The highest BCUT2D eigenvalue weighted by molar-refractivity contribution is 5.79. The van der Waals surface area contributed by atoms with Gasteiger partial charge in [0.25, 0.3) is 0 Å². The molecule has 0 aliphatic rings. The van der Waals surface area contributed by atoms with Crippen LogP contribution in [-0.2, 0) is 4.79 Å². The first-order chi connectivity index (χ1) is 12.3. The lowest BCUT2D eigenvalue weighted by Gasteiger charge is -2.13. The van der Waals surface area contributed by atoms with Crippen LogP contribution in [-0.4, -0.2) is 22.8 Å². The van der Waals surface area contributed by atoms with Gasteiger partial charge in [-0.3, -0.25) is 4.79 Å². The molecule has 0 heterocycles. The lowest BCUT2D eigenvalue weighted by atomic mass is 9.97. The van der Waals surface area contributed by atoms with Gasteiger partial charge in [-0.25, -0.2) is 8.78 Å². The molecular weight excluding hydrogens is 342 g/mol. The first kappa shape index (κ1) is 19.4. The number of hydrogen-bond donors (Lipinski definition) is 2. The molecule has 0 spiro atoms. The number of carboxylic acid groups (broad SMARTS) is 1. The van der Waals surface area contributed by atoms with Gasteiger partial charge in [0.1, 0.15) is 5.75 Å². The summed E-state index contributed by atoms with van der Waals surface area (Å²) >= 11 is 0. The van der Waals surface area contributed by atoms with Crippen molar-refractivity contribution in [3.05, 3.63) is 53.1 Å². The SMILES string of the molecule is CC(C)=Cc1c(O)cccc1-c1cc(F)c(OCCCC(=O)O)c(F)c1. The highest BCUT2D eigenvalue weighted by Crippen LogP contribution is 2.35. The second kappa shape index (κ2) is 8.47. The van der Waals surface area contributed by atoms with E-state index in [4.69, 9.17) is 9.84 Å². The van der Waals surface area contributed by atoms with Crippen LogP contribution in [0, 0.1) is 11.6 Å². The topological polar surface area (TPSA) is 66.8 Å². The van der Waals surface area contributed by atoms with Crippen molar-refractivity contribution < 1.29 is 28.5 Å². The van der Waals surface area contributed by atoms with Gasteiger partial charge in [-0.05, 0) is 49.6 Å². The highest BCUT2D eigenvalue weighted by atomic mass is 19.1. The summed E-state index contributed by atoms with van der Waals surface area (Å²) in [5, 5.41) is 18.6. The van der Waals surface area contributed by atoms with Crippen molar-refractivity contribution in [2.45, 2.75) is 26.7 Å². The second-order valence-corrected chi connectivity index (χ2v) is 6.07. The number of carbonyl (C=O) groups is 1. The summed E-state index contributed by atoms with van der Waals surface area (Å²) in [6.45, 7) is 3.60. The molecule has 0 aliphatic heterocycles. The third kappa shape index (κ3) is 4.81. The van der Waals surface area contributed by atoms with E-state index in [9.17, 15) is 18.7 Å². The average molecular weight is 362 g/mol. The van der Waals surface area contributed by atoms with E-state index in [1.165, 1.54) is 6.07 Å². The molecule has 0 amide bonds. The summed E-state index contributed by atoms with van der Waals surface area (Å²) < 4.78 is 33.7. The number of aromatic hydroxyl groups is 1. The minimum Gasteiger partial charge on any atom is -0.507 e. The lowest BCUT2D eigenvalue weighted by molar-refractivity contribution is -0.137. The molecule has 2 aromatic carbocycles. The van der Waals surface area contributed by atoms with Gasteiger partial charge in [-0.2, -0.15) is 0 Å². The maximum Gasteiger partial charge on any atom is 0.303 e. The minimum atomic E-state index is -0.999. The molecule has 0 saturated carbocycles. The van der Waals surface area contributed by atoms with Crippen LogP contribution < -0.4 is 4.74 Å². The number of carboxylic acids is 1. The quantitative estimate of drug-likeness (QED) is 0.680. The molecule has 0 atom stereocenters. The van der Waals surface area contributed by atoms with Crippen molar-refractivity contribution in [2.75, 3.05) is 6.61 Å². The van der Waals surface area contributed by atoms with Crippen LogP contribution in [0.25, 0.3) is 17.2 Å². The molecule has 2 rings (SSSR count). The van der Waals surface area contributed by atoms with Crippen molar-refractivity contribution >= 4 is 12.0 Å². The van der Waals surface area contributed by atoms with Crippen LogP contribution in [0.5, 0.6) is 11.5 Å². The Labute approximate surface area is 150 Å². The standard InChI is InChI=1S/C20H20F2O4/c1-12(2)9-15-14(5-3-6-18(15)23)13-10-16(21)20(17(22)11-13)26-8-4-7-19(24)25/h3,5-6,9-11,23H,4,7-8H2,1-2H3,(H,24,25). The molecule has 0 saturated heterocycles. The monoisotopic (exact) mass is 362 g/mol. The normalized spacial score (nSPS) is 10.5. The number of hydrogen-bond acceptors (Lipinski definition) is 3. The third-order valence-electron chi connectivity index (χ3n) is 3.61. The minimum absolute atomic E-state index is 0.0125. The molecule has 4 nitrogen and oxygen atoms in total. The van der Waals surface area contributed by atoms with E-state index in [0.717, 1.165) is 17.7 Å². The Bertz CT molecular complexity index is 817. The number of allylic oxidation sites excluding steroid dienone is 1. The summed E-state index contributed by atoms with van der Waals surface area (Å²) in [5.41, 5.74) is 2.15. The molecule has 0 bridgehead atoms. The Morgan fingerprint density at radius 3 is 2.42 bits per heavy atom. The molecule has 2 N–H and O–H groups in total. The highest BCUT2D eigenvalue weighted by Gasteiger charge is 2.16. The fourth-order valence-electron chi connectivity index (χ4n) is 2.50. The van der Waals surface area contributed by atoms with Crippen LogP contribution in [0.2, 0.25) is 0 Å². The Hall–Kier alpha value is -2.89. The molecule has 0 aliphatic carbocycles. The number of aliphatic carboxylic acids is 1. The number of ether oxygens (including phenoxy) is 1. The molecule has 138 valence electrons. The molecule has 0 fully saturated rings. The summed E-state index contributed by atoms with van der Waals surface area (Å²) in [5.74, 6) is -3.30. The molecule has 26 heavy (non-hydrogen) atoms. The van der Waals surface area contributed by atoms with Gasteiger partial charge in [0.15, 0.2) is 17.4 Å². The summed E-state index contributed by atoms with van der Waals surface area (Å²) in [6, 6.07) is 7.03. The van der Waals surface area contributed by atoms with Crippen molar-refractivity contribution in [2.24, 2.45) is 0 Å². The Morgan fingerprint density at radius 2 is 1.85 bits per heavy atom. The third-order valence-corrected chi connectivity index (χ3v) is 3.61. The lowest BCUT2D eigenvalue weighted by Crippen LogP contribution is -2.05. The van der Waals surface area contributed by atoms with Gasteiger partial charge < -0.3 is 14.9 Å². The van der Waals surface area contributed by atoms with E-state index < -0.39 is 23.4 Å². The van der Waals surface area contributed by atoms with Crippen LogP contribution in [0.3, 0.4) is 0 Å². The zero-order valence-corrected chi connectivity index (χ0v) is 14.6. The largest absolute Gasteiger partial charge is 0.507 e. The number of benzene rings is 2. The molecule has 2 aromatic rings. The second-order valence-electron chi connectivity index (χ2n) is 6.07. The van der Waals surface area contributed by atoms with Crippen molar-refractivity contribution in [3.63, 3.8) is 0 Å². The first-order valence-electron chi connectivity index (χ1n) is 8.10. The zero-order valence-electron chi connectivity index (χ0n) is 14.6. The Kier molecular flexibility index (Phi) is 6.33. The summed E-state index contributed by atoms with van der Waals surface area (Å²) in [4.78, 5) is 10.5. The van der Waals surface area contributed by atoms with Gasteiger partial charge in [0, 0.05) is 12.0 Å². The number of phenolic OH excluding ortho intramolecular Hbond substituents is 1. The Balaban J connectivity index is 2.35. The fraction of sp³-hybridized carbons (Fsp3) is 0.250. The van der Waals surface area contributed by atoms with Crippen LogP contribution in [0.15, 0.2) is 35.9 Å². The van der Waals surface area contributed by atoms with E-state index in [0.29, 0.717) is 11.1 Å². The molecule has 6 heteroatoms. The summed E-state index contributed by atoms with van der Waals surface area (Å²) in [7, 11) is 0. The van der Waals surface area contributed by atoms with Crippen LogP contribution >= 0.6 is 0 Å². The van der Waals surface area contributed by atoms with E-state index in [1.807, 2.05) is 13.8 Å². The smallest absolute Gasteiger partial charge is 0.303 e. The molecular formula is C20H20F2O4. The van der Waals surface area contributed by atoms with Crippen LogP contribution in [0.4, 0.5) is 8.78 Å². The van der Waals surface area contributed by atoms with E-state index in [1.54, 1.807) is 18.2 Å². The van der Waals surface area contributed by atoms with Gasteiger partial charge in [-0.1, -0.05) is 23.8 Å². The van der Waals surface area contributed by atoms with Crippen LogP contribution in [0.1, 0.15) is 32.3 Å². The van der Waals surface area contributed by atoms with Crippen molar-refractivity contribution in [1.29, 1.82) is 0 Å². The number of phenols is 1. The van der Waals surface area contributed by atoms with E-state index >= 15 is 0 Å². The number of rotatable bonds is 7. The predicted octanol–water partition coefficient (Wildman–Crippen LogP) is 5.00. The molecule has 0 aromatic heterocycles. The zero-order chi connectivity index (χ0) is 19.3. The van der Waals surface area contributed by atoms with E-state index in [-0.39, 0.29) is 30.8 Å². The Morgan fingerprint density at radius 1 is 1.19 bits per heavy atom. The number of halogens is 2. The average Bonchev–Trinajstić information content (AvgIpc) is 2.54. The van der Waals surface area contributed by atoms with Gasteiger partial charge >= 0.3 is 5.97 Å². The molecule has 0 unspecified atom stereocenters. The van der Waals surface area contributed by atoms with Crippen molar-refractivity contribution in [3.8, 4) is 22.6 Å². The maximum absolute atomic E-state index is 14.3. The first-order valence-corrected chi connectivity index (χ1v) is 8.10. The van der Waals surface area contributed by atoms with Gasteiger partial charge in [-0.15, -0.1) is 0 Å². The van der Waals surface area contributed by atoms with Gasteiger partial charge in [0.2, 0.25) is 0 Å². The fourth-order valence-corrected chi connectivity index (χ4v) is 2.50. The van der Waals surface area contributed by atoms with Crippen molar-refractivity contribution in [1.82, 2.24) is 0 Å². The van der Waals surface area contributed by atoms with Gasteiger partial charge in [0.05, 0.1) is 6.61 Å².